The fourth-order valence-electron chi connectivity index (χ4n) is 5.89. The number of rotatable bonds is 12. The molecule has 0 spiro atoms. The number of aliphatic imine (C=N–C) groups is 1. The molecule has 264 valence electrons. The summed E-state index contributed by atoms with van der Waals surface area (Å²) in [4.78, 5) is 50.7. The Labute approximate surface area is 309 Å². The number of carbonyl (C=O) groups is 3. The van der Waals surface area contributed by atoms with E-state index in [1.165, 1.54) is 16.2 Å². The fourth-order valence-corrected chi connectivity index (χ4v) is 8.04. The second-order valence-electron chi connectivity index (χ2n) is 12.5. The van der Waals surface area contributed by atoms with Crippen molar-refractivity contribution in [3.05, 3.63) is 103 Å². The number of hydrogen-bond donors (Lipinski definition) is 3. The molecule has 1 atom stereocenters. The molecule has 0 aliphatic carbocycles. The monoisotopic (exact) mass is 742 g/mol. The molecule has 51 heavy (non-hydrogen) atoms. The molecule has 5 aromatic rings. The van der Waals surface area contributed by atoms with E-state index in [0.29, 0.717) is 46.6 Å². The van der Waals surface area contributed by atoms with Gasteiger partial charge in [0.1, 0.15) is 16.9 Å². The van der Waals surface area contributed by atoms with Crippen molar-refractivity contribution < 1.29 is 14.4 Å². The van der Waals surface area contributed by atoms with Gasteiger partial charge in [-0.1, -0.05) is 42.3 Å². The minimum atomic E-state index is -0.542. The van der Waals surface area contributed by atoms with Crippen molar-refractivity contribution in [3.8, 4) is 5.00 Å². The van der Waals surface area contributed by atoms with Crippen molar-refractivity contribution in [2.45, 2.75) is 72.8 Å². The summed E-state index contributed by atoms with van der Waals surface area (Å²) in [5.74, 6) is 0.721. The number of anilines is 2. The van der Waals surface area contributed by atoms with Crippen molar-refractivity contribution in [1.82, 2.24) is 25.1 Å². The predicted molar refractivity (Wildman–Crippen MR) is 204 cm³/mol. The van der Waals surface area contributed by atoms with Crippen LogP contribution in [-0.2, 0) is 9.59 Å². The Morgan fingerprint density at radius 3 is 2.37 bits per heavy atom. The quantitative estimate of drug-likeness (QED) is 0.111. The zero-order valence-corrected chi connectivity index (χ0v) is 31.5. The molecule has 14 heteroatoms. The first kappa shape index (κ1) is 36.1. The molecule has 0 unspecified atom stereocenters. The van der Waals surface area contributed by atoms with Crippen molar-refractivity contribution in [2.24, 2.45) is 4.99 Å². The maximum Gasteiger partial charge on any atom is 0.259 e. The number of benzene rings is 2. The maximum absolute atomic E-state index is 13.3. The van der Waals surface area contributed by atoms with Gasteiger partial charge in [0.15, 0.2) is 11.0 Å². The molecule has 0 saturated carbocycles. The molecular formula is C37H39ClN8O3S2. The normalized spacial score (nSPS) is 13.5. The van der Waals surface area contributed by atoms with Crippen molar-refractivity contribution in [1.29, 1.82) is 0 Å². The molecule has 0 fully saturated rings. The van der Waals surface area contributed by atoms with E-state index in [-0.39, 0.29) is 30.6 Å². The summed E-state index contributed by atoms with van der Waals surface area (Å²) in [5, 5.41) is 19.7. The topological polar surface area (TPSA) is 143 Å². The standard InChI is InChI=1S/C37H39ClN8O3S2/c1-20-22(3)50-36-32(20)33(25-14-16-26(38)17-15-25)42-29(34-45-44-24(5)46(34)36)19-31(48)39-18-10-6-7-13-30(47)41-28-12-9-8-11-27(28)35(49)43-37-40-21(2)23(4)51-37/h8-9,11-12,14-17,29H,6-7,10,13,18-19H2,1-5H3,(H,39,48)(H,41,47)(H,40,43,49)/t29-/m0/s1. The van der Waals surface area contributed by atoms with E-state index in [1.807, 2.05) is 49.6 Å². The second-order valence-corrected chi connectivity index (χ2v) is 15.3. The lowest BCUT2D eigenvalue weighted by atomic mass is 9.99. The van der Waals surface area contributed by atoms with Gasteiger partial charge in [-0.05, 0) is 77.3 Å². The van der Waals surface area contributed by atoms with Gasteiger partial charge in [-0.15, -0.1) is 32.9 Å². The molecule has 4 heterocycles. The molecule has 0 saturated heterocycles. The average Bonchev–Trinajstić information content (AvgIpc) is 3.70. The third-order valence-electron chi connectivity index (χ3n) is 8.83. The van der Waals surface area contributed by atoms with E-state index in [4.69, 9.17) is 16.6 Å². The number of thiazole rings is 1. The highest BCUT2D eigenvalue weighted by Crippen LogP contribution is 2.39. The van der Waals surface area contributed by atoms with Gasteiger partial charge < -0.3 is 10.6 Å². The summed E-state index contributed by atoms with van der Waals surface area (Å²) in [6, 6.07) is 14.0. The Morgan fingerprint density at radius 2 is 1.63 bits per heavy atom. The zero-order valence-electron chi connectivity index (χ0n) is 29.1. The Morgan fingerprint density at radius 1 is 0.863 bits per heavy atom. The number of amides is 3. The van der Waals surface area contributed by atoms with Gasteiger partial charge in [-0.3, -0.25) is 29.3 Å². The number of carbonyl (C=O) groups excluding carboxylic acids is 3. The lowest BCUT2D eigenvalue weighted by Gasteiger charge is -2.13. The molecule has 0 radical (unpaired) electrons. The van der Waals surface area contributed by atoms with E-state index in [0.717, 1.165) is 50.2 Å². The van der Waals surface area contributed by atoms with Crippen LogP contribution in [0, 0.1) is 34.6 Å². The first-order chi connectivity index (χ1) is 24.5. The average molecular weight is 743 g/mol. The maximum atomic E-state index is 13.3. The minimum absolute atomic E-state index is 0.110. The largest absolute Gasteiger partial charge is 0.356 e. The number of aromatic nitrogens is 4. The van der Waals surface area contributed by atoms with Crippen molar-refractivity contribution >= 4 is 68.5 Å². The summed E-state index contributed by atoms with van der Waals surface area (Å²) in [7, 11) is 0. The Balaban J connectivity index is 1.02. The van der Waals surface area contributed by atoms with Gasteiger partial charge >= 0.3 is 0 Å². The molecule has 1 aliphatic rings. The van der Waals surface area contributed by atoms with Gasteiger partial charge in [-0.25, -0.2) is 4.98 Å². The number of nitrogens with one attached hydrogen (secondary N) is 3. The van der Waals surface area contributed by atoms with Gasteiger partial charge in [-0.2, -0.15) is 0 Å². The minimum Gasteiger partial charge on any atom is -0.356 e. The van der Waals surface area contributed by atoms with Crippen molar-refractivity contribution in [3.63, 3.8) is 0 Å². The van der Waals surface area contributed by atoms with E-state index in [9.17, 15) is 14.4 Å². The zero-order chi connectivity index (χ0) is 36.2. The third kappa shape index (κ3) is 8.11. The van der Waals surface area contributed by atoms with Crippen LogP contribution in [0.25, 0.3) is 5.00 Å². The number of hydrogen-bond acceptors (Lipinski definition) is 9. The summed E-state index contributed by atoms with van der Waals surface area (Å²) >= 11 is 9.29. The number of fused-ring (bicyclic) bond motifs is 3. The van der Waals surface area contributed by atoms with Crippen LogP contribution in [0.5, 0.6) is 0 Å². The Hall–Kier alpha value is -4.72. The second kappa shape index (κ2) is 15.7. The number of para-hydroxylation sites is 1. The molecule has 2 aromatic carbocycles. The van der Waals surface area contributed by atoms with Crippen LogP contribution < -0.4 is 16.0 Å². The van der Waals surface area contributed by atoms with E-state index < -0.39 is 6.04 Å². The molecule has 1 aliphatic heterocycles. The number of unbranched alkanes of at least 4 members (excludes halogenated alkanes) is 2. The van der Waals surface area contributed by atoms with Crippen molar-refractivity contribution in [2.75, 3.05) is 17.2 Å². The van der Waals surface area contributed by atoms with Crippen LogP contribution in [0.3, 0.4) is 0 Å². The summed E-state index contributed by atoms with van der Waals surface area (Å²) in [5.41, 5.74) is 5.56. The van der Waals surface area contributed by atoms with E-state index in [2.05, 4.69) is 45.0 Å². The number of thiophene rings is 1. The van der Waals surface area contributed by atoms with Gasteiger partial charge in [0.05, 0.1) is 29.1 Å². The first-order valence-electron chi connectivity index (χ1n) is 16.8. The molecule has 3 N–H and O–H groups in total. The van der Waals surface area contributed by atoms with Crippen LogP contribution in [0.15, 0.2) is 53.5 Å². The van der Waals surface area contributed by atoms with Crippen LogP contribution in [-0.4, -0.2) is 49.7 Å². The molecular weight excluding hydrogens is 704 g/mol. The molecule has 3 aromatic heterocycles. The summed E-state index contributed by atoms with van der Waals surface area (Å²) in [6.07, 6.45) is 2.48. The van der Waals surface area contributed by atoms with E-state index in [1.54, 1.807) is 35.6 Å². The molecule has 0 bridgehead atoms. The lowest BCUT2D eigenvalue weighted by Crippen LogP contribution is -2.26. The third-order valence-corrected chi connectivity index (χ3v) is 11.3. The summed E-state index contributed by atoms with van der Waals surface area (Å²) in [6.45, 7) is 10.4. The highest BCUT2D eigenvalue weighted by Gasteiger charge is 2.32. The van der Waals surface area contributed by atoms with Gasteiger partial charge in [0.2, 0.25) is 11.8 Å². The van der Waals surface area contributed by atoms with E-state index >= 15 is 0 Å². The number of halogens is 1. The number of nitrogens with zero attached hydrogens (tertiary/aromatic N) is 5. The smallest absolute Gasteiger partial charge is 0.259 e. The Bertz CT molecular complexity index is 2110. The van der Waals surface area contributed by atoms with Gasteiger partial charge in [0, 0.05) is 38.9 Å². The van der Waals surface area contributed by atoms with Crippen LogP contribution >= 0.6 is 34.3 Å². The van der Waals surface area contributed by atoms with Gasteiger partial charge in [0.25, 0.3) is 5.91 Å². The Kier molecular flexibility index (Phi) is 11.1. The van der Waals surface area contributed by atoms with Crippen LogP contribution in [0.2, 0.25) is 5.02 Å². The SMILES string of the molecule is Cc1nc(NC(=O)c2ccccc2NC(=O)CCCCCNC(=O)C[C@@H]2N=C(c3ccc(Cl)cc3)c3c(sc(C)c3C)-n3c(C)nnc32)sc1C. The van der Waals surface area contributed by atoms with Crippen LogP contribution in [0.1, 0.15) is 92.3 Å². The lowest BCUT2D eigenvalue weighted by molar-refractivity contribution is -0.121. The highest BCUT2D eigenvalue weighted by molar-refractivity contribution is 7.16. The predicted octanol–water partition coefficient (Wildman–Crippen LogP) is 7.83. The van der Waals surface area contributed by atoms with Crippen LogP contribution in [0.4, 0.5) is 10.8 Å². The highest BCUT2D eigenvalue weighted by atomic mass is 35.5. The summed E-state index contributed by atoms with van der Waals surface area (Å²) < 4.78 is 2.03. The molecule has 11 nitrogen and oxygen atoms in total. The number of aryl methyl sites for hydroxylation is 4. The molecule has 6 rings (SSSR count). The fraction of sp³-hybridized carbons (Fsp3) is 0.324. The molecule has 3 amide bonds. The first-order valence-corrected chi connectivity index (χ1v) is 18.8.